The lowest BCUT2D eigenvalue weighted by Crippen LogP contribution is -2.56. The van der Waals surface area contributed by atoms with Crippen molar-refractivity contribution >= 4 is 0 Å². The van der Waals surface area contributed by atoms with Crippen molar-refractivity contribution in [3.8, 4) is 5.88 Å². The van der Waals surface area contributed by atoms with Gasteiger partial charge >= 0.3 is 6.18 Å². The van der Waals surface area contributed by atoms with Gasteiger partial charge in [-0.05, 0) is 31.2 Å². The van der Waals surface area contributed by atoms with Crippen molar-refractivity contribution < 1.29 is 17.9 Å². The highest BCUT2D eigenvalue weighted by Gasteiger charge is 2.74. The molecule has 2 saturated carbocycles. The van der Waals surface area contributed by atoms with Gasteiger partial charge in [0.15, 0.2) is 5.69 Å². The van der Waals surface area contributed by atoms with Gasteiger partial charge in [-0.3, -0.25) is 4.90 Å². The van der Waals surface area contributed by atoms with E-state index in [1.165, 1.54) is 6.42 Å². The van der Waals surface area contributed by atoms with Crippen molar-refractivity contribution in [3.05, 3.63) is 18.1 Å². The molecule has 7 heteroatoms. The number of hydrogen-bond acceptors (Lipinski definition) is 4. The van der Waals surface area contributed by atoms with Crippen molar-refractivity contribution in [3.63, 3.8) is 0 Å². The Bertz CT molecular complexity index is 547. The lowest BCUT2D eigenvalue weighted by molar-refractivity contribution is -0.141. The minimum absolute atomic E-state index is 0.0264. The van der Waals surface area contributed by atoms with Crippen LogP contribution in [0.15, 0.2) is 12.4 Å². The second-order valence-corrected chi connectivity index (χ2v) is 6.12. The first-order chi connectivity index (χ1) is 9.40. The second kappa shape index (κ2) is 3.63. The Labute approximate surface area is 114 Å². The van der Waals surface area contributed by atoms with E-state index in [2.05, 4.69) is 21.9 Å². The van der Waals surface area contributed by atoms with Gasteiger partial charge < -0.3 is 4.74 Å². The molecule has 4 nitrogen and oxygen atoms in total. The van der Waals surface area contributed by atoms with E-state index < -0.39 is 11.9 Å². The Kier molecular flexibility index (Phi) is 2.25. The first-order valence-corrected chi connectivity index (χ1v) is 6.66. The number of aromatic nitrogens is 2. The fourth-order valence-corrected chi connectivity index (χ4v) is 4.04. The molecule has 0 N–H and O–H groups in total. The summed E-state index contributed by atoms with van der Waals surface area (Å²) in [5, 5.41) is 0. The Morgan fingerprint density at radius 3 is 2.70 bits per heavy atom. The van der Waals surface area contributed by atoms with Crippen molar-refractivity contribution in [1.82, 2.24) is 14.9 Å². The number of likely N-dealkylation sites (tertiary alicyclic amines) is 1. The SMILES string of the molecule is CN1CC2CC23CC(Oc2cnc(C(F)(F)F)cn2)C13. The molecular formula is C13H14F3N3O. The van der Waals surface area contributed by atoms with Gasteiger partial charge in [-0.15, -0.1) is 0 Å². The monoisotopic (exact) mass is 285 g/mol. The van der Waals surface area contributed by atoms with E-state index in [4.69, 9.17) is 4.74 Å². The van der Waals surface area contributed by atoms with Crippen LogP contribution in [0.25, 0.3) is 0 Å². The van der Waals surface area contributed by atoms with Crippen LogP contribution in [0.4, 0.5) is 13.2 Å². The summed E-state index contributed by atoms with van der Waals surface area (Å²) in [5.41, 5.74) is -0.561. The van der Waals surface area contributed by atoms with Gasteiger partial charge in [-0.25, -0.2) is 9.97 Å². The van der Waals surface area contributed by atoms with Crippen LogP contribution in [0, 0.1) is 11.3 Å². The molecule has 108 valence electrons. The van der Waals surface area contributed by atoms with Crippen LogP contribution in [0.1, 0.15) is 18.5 Å². The molecule has 0 bridgehead atoms. The van der Waals surface area contributed by atoms with Crippen molar-refractivity contribution in [2.75, 3.05) is 13.6 Å². The average Bonchev–Trinajstić information content (AvgIpc) is 2.98. The van der Waals surface area contributed by atoms with Crippen LogP contribution in [0.3, 0.4) is 0 Å². The highest BCUT2D eigenvalue weighted by atomic mass is 19.4. The zero-order valence-corrected chi connectivity index (χ0v) is 10.9. The maximum absolute atomic E-state index is 12.4. The molecule has 4 rings (SSSR count). The third-order valence-corrected chi connectivity index (χ3v) is 4.98. The molecule has 3 aliphatic rings. The summed E-state index contributed by atoms with van der Waals surface area (Å²) < 4.78 is 42.9. The quantitative estimate of drug-likeness (QED) is 0.832. The molecule has 0 amide bonds. The molecule has 4 atom stereocenters. The summed E-state index contributed by atoms with van der Waals surface area (Å²) >= 11 is 0. The number of rotatable bonds is 2. The van der Waals surface area contributed by atoms with Gasteiger partial charge in [0.2, 0.25) is 5.88 Å². The van der Waals surface area contributed by atoms with Crippen LogP contribution in [-0.4, -0.2) is 40.6 Å². The predicted molar refractivity (Wildman–Crippen MR) is 63.0 cm³/mol. The number of alkyl halides is 3. The Balaban J connectivity index is 1.45. The van der Waals surface area contributed by atoms with Crippen LogP contribution in [-0.2, 0) is 6.18 Å². The number of hydrogen-bond donors (Lipinski definition) is 0. The third kappa shape index (κ3) is 1.58. The fourth-order valence-electron chi connectivity index (χ4n) is 4.04. The Morgan fingerprint density at radius 1 is 1.30 bits per heavy atom. The lowest BCUT2D eigenvalue weighted by atomic mass is 9.73. The molecule has 1 aromatic heterocycles. The Morgan fingerprint density at radius 2 is 2.10 bits per heavy atom. The molecular weight excluding hydrogens is 271 g/mol. The topological polar surface area (TPSA) is 38.2 Å². The summed E-state index contributed by atoms with van der Waals surface area (Å²) in [6.07, 6.45) is -0.400. The largest absolute Gasteiger partial charge is 0.472 e. The average molecular weight is 285 g/mol. The lowest BCUT2D eigenvalue weighted by Gasteiger charge is -2.45. The third-order valence-electron chi connectivity index (χ3n) is 4.98. The maximum atomic E-state index is 12.4. The first-order valence-electron chi connectivity index (χ1n) is 6.66. The number of halogens is 3. The van der Waals surface area contributed by atoms with E-state index in [9.17, 15) is 13.2 Å². The van der Waals surface area contributed by atoms with Crippen molar-refractivity contribution in [1.29, 1.82) is 0 Å². The maximum Gasteiger partial charge on any atom is 0.434 e. The van der Waals surface area contributed by atoms with Crippen LogP contribution < -0.4 is 4.74 Å². The molecule has 1 aliphatic heterocycles. The molecule has 4 unspecified atom stereocenters. The highest BCUT2D eigenvalue weighted by molar-refractivity contribution is 5.26. The molecule has 1 saturated heterocycles. The van der Waals surface area contributed by atoms with Crippen molar-refractivity contribution in [2.24, 2.45) is 11.3 Å². The molecule has 2 heterocycles. The summed E-state index contributed by atoms with van der Waals surface area (Å²) in [6, 6.07) is 0.386. The Hall–Kier alpha value is -1.37. The van der Waals surface area contributed by atoms with Crippen molar-refractivity contribution in [2.45, 2.75) is 31.2 Å². The first kappa shape index (κ1) is 12.4. The van der Waals surface area contributed by atoms with E-state index in [1.54, 1.807) is 0 Å². The van der Waals surface area contributed by atoms with Crippen LogP contribution in [0.5, 0.6) is 5.88 Å². The zero-order valence-electron chi connectivity index (χ0n) is 10.9. The highest BCUT2D eigenvalue weighted by Crippen LogP contribution is 2.71. The molecule has 2 aliphatic carbocycles. The second-order valence-electron chi connectivity index (χ2n) is 6.12. The number of piperidine rings is 1. The molecule has 1 aromatic rings. The molecule has 1 spiro atoms. The molecule has 0 radical (unpaired) electrons. The van der Waals surface area contributed by atoms with Gasteiger partial charge in [-0.1, -0.05) is 0 Å². The van der Waals surface area contributed by atoms with Gasteiger partial charge in [-0.2, -0.15) is 13.2 Å². The van der Waals surface area contributed by atoms with Gasteiger partial charge in [0.25, 0.3) is 0 Å². The summed E-state index contributed by atoms with van der Waals surface area (Å²) in [4.78, 5) is 9.38. The van der Waals surface area contributed by atoms with Crippen LogP contribution in [0.2, 0.25) is 0 Å². The van der Waals surface area contributed by atoms with E-state index in [-0.39, 0.29) is 12.0 Å². The summed E-state index contributed by atoms with van der Waals surface area (Å²) in [6.45, 7) is 1.10. The van der Waals surface area contributed by atoms with Gasteiger partial charge in [0, 0.05) is 6.54 Å². The number of nitrogens with zero attached hydrogens (tertiary/aromatic N) is 3. The van der Waals surface area contributed by atoms with E-state index in [0.29, 0.717) is 11.5 Å². The fraction of sp³-hybridized carbons (Fsp3) is 0.692. The minimum atomic E-state index is -4.46. The molecule has 3 fully saturated rings. The predicted octanol–water partition coefficient (Wildman–Crippen LogP) is 1.97. The van der Waals surface area contributed by atoms with Crippen LogP contribution >= 0.6 is 0 Å². The minimum Gasteiger partial charge on any atom is -0.472 e. The molecule has 0 aromatic carbocycles. The normalized spacial score (nSPS) is 38.9. The summed E-state index contributed by atoms with van der Waals surface area (Å²) in [7, 11) is 2.08. The summed E-state index contributed by atoms with van der Waals surface area (Å²) in [5.74, 6) is 0.964. The van der Waals surface area contributed by atoms with Gasteiger partial charge in [0.1, 0.15) is 6.10 Å². The number of ether oxygens (including phenoxy) is 1. The molecule has 20 heavy (non-hydrogen) atoms. The number of likely N-dealkylation sites (N-methyl/N-ethyl adjacent to an activating group) is 1. The van der Waals surface area contributed by atoms with E-state index in [0.717, 1.165) is 31.3 Å². The smallest absolute Gasteiger partial charge is 0.434 e. The van der Waals surface area contributed by atoms with Gasteiger partial charge in [0.05, 0.1) is 18.4 Å². The van der Waals surface area contributed by atoms with E-state index in [1.807, 2.05) is 0 Å². The van der Waals surface area contributed by atoms with E-state index >= 15 is 0 Å². The zero-order chi connectivity index (χ0) is 14.1. The standard InChI is InChI=1S/C13H14F3N3O/c1-19-6-7-2-12(7)3-8(11(12)19)20-10-5-17-9(4-18-10)13(14,15)16/h4-5,7-8,11H,2-3,6H2,1H3.